The number of hydrogen-bond acceptors (Lipinski definition) is 4. The highest BCUT2D eigenvalue weighted by atomic mass is 16.2. The zero-order valence-electron chi connectivity index (χ0n) is 15.6. The Morgan fingerprint density at radius 2 is 1.66 bits per heavy atom. The second-order valence-electron chi connectivity index (χ2n) is 6.52. The van der Waals surface area contributed by atoms with E-state index in [1.165, 1.54) is 0 Å². The molecule has 0 atom stereocenters. The number of carbonyl (C=O) groups is 2. The zero-order valence-corrected chi connectivity index (χ0v) is 15.6. The number of amides is 2. The summed E-state index contributed by atoms with van der Waals surface area (Å²) in [5, 5.41) is 10.0. The summed E-state index contributed by atoms with van der Waals surface area (Å²) in [6.07, 6.45) is 6.72. The van der Waals surface area contributed by atoms with Gasteiger partial charge in [-0.3, -0.25) is 14.6 Å². The van der Waals surface area contributed by atoms with Crippen molar-refractivity contribution in [2.24, 2.45) is 0 Å². The fourth-order valence-corrected chi connectivity index (χ4v) is 2.96. The number of nitrogens with zero attached hydrogens (tertiary/aromatic N) is 3. The molecule has 4 rings (SSSR count). The highest BCUT2D eigenvalue weighted by Crippen LogP contribution is 2.13. The molecule has 7 heteroatoms. The molecule has 0 aliphatic rings. The molecule has 0 radical (unpaired) electrons. The fraction of sp³-hybridized carbons (Fsp3) is 0.0909. The molecule has 0 spiro atoms. The Bertz CT molecular complexity index is 1140. The normalized spacial score (nSPS) is 10.6. The Balaban J connectivity index is 1.46. The highest BCUT2D eigenvalue weighted by Gasteiger charge is 2.13. The summed E-state index contributed by atoms with van der Waals surface area (Å²) in [4.78, 5) is 28.9. The zero-order chi connectivity index (χ0) is 20.1. The second-order valence-corrected chi connectivity index (χ2v) is 6.52. The Morgan fingerprint density at radius 1 is 0.862 bits per heavy atom. The fourth-order valence-electron chi connectivity index (χ4n) is 2.96. The maximum absolute atomic E-state index is 12.6. The summed E-state index contributed by atoms with van der Waals surface area (Å²) in [7, 11) is 0. The summed E-state index contributed by atoms with van der Waals surface area (Å²) in [5.74, 6) is -0.359. The van der Waals surface area contributed by atoms with Crippen LogP contribution in [0.15, 0.2) is 79.4 Å². The van der Waals surface area contributed by atoms with E-state index in [4.69, 9.17) is 0 Å². The molecule has 7 nitrogen and oxygen atoms in total. The number of carbonyl (C=O) groups excluding carboxylic acids is 2. The van der Waals surface area contributed by atoms with Crippen LogP contribution >= 0.6 is 0 Å². The molecule has 0 saturated carbocycles. The van der Waals surface area contributed by atoms with Crippen LogP contribution in [-0.4, -0.2) is 26.4 Å². The minimum Gasteiger partial charge on any atom is -0.348 e. The number of benzene rings is 1. The Morgan fingerprint density at radius 3 is 2.45 bits per heavy atom. The van der Waals surface area contributed by atoms with Gasteiger partial charge in [0.1, 0.15) is 0 Å². The Labute approximate surface area is 167 Å². The first-order valence-corrected chi connectivity index (χ1v) is 9.17. The summed E-state index contributed by atoms with van der Waals surface area (Å²) in [5.41, 5.74) is 3.56. The number of rotatable bonds is 6. The second kappa shape index (κ2) is 8.35. The number of aromatic nitrogens is 3. The van der Waals surface area contributed by atoms with Crippen molar-refractivity contribution in [2.75, 3.05) is 0 Å². The molecule has 1 aromatic carbocycles. The molecule has 2 amide bonds. The van der Waals surface area contributed by atoms with Gasteiger partial charge in [0, 0.05) is 37.2 Å². The topological polar surface area (TPSA) is 88.4 Å². The van der Waals surface area contributed by atoms with E-state index in [-0.39, 0.29) is 11.8 Å². The van der Waals surface area contributed by atoms with Crippen molar-refractivity contribution in [1.82, 2.24) is 25.2 Å². The van der Waals surface area contributed by atoms with Crippen molar-refractivity contribution in [2.45, 2.75) is 13.1 Å². The van der Waals surface area contributed by atoms with E-state index in [2.05, 4.69) is 20.7 Å². The highest BCUT2D eigenvalue weighted by molar-refractivity contribution is 6.00. The van der Waals surface area contributed by atoms with Crippen LogP contribution < -0.4 is 10.6 Å². The number of hydrogen-bond donors (Lipinski definition) is 2. The first kappa shape index (κ1) is 18.4. The maximum Gasteiger partial charge on any atom is 0.255 e. The van der Waals surface area contributed by atoms with Gasteiger partial charge in [0.2, 0.25) is 0 Å². The van der Waals surface area contributed by atoms with E-state index in [1.54, 1.807) is 41.4 Å². The van der Waals surface area contributed by atoms with E-state index in [9.17, 15) is 9.59 Å². The first-order chi connectivity index (χ1) is 14.2. The molecule has 0 bridgehead atoms. The van der Waals surface area contributed by atoms with Crippen LogP contribution in [0.2, 0.25) is 0 Å². The van der Waals surface area contributed by atoms with Crippen LogP contribution in [0.25, 0.3) is 5.52 Å². The summed E-state index contributed by atoms with van der Waals surface area (Å²) >= 11 is 0. The van der Waals surface area contributed by atoms with Crippen LogP contribution in [0.1, 0.15) is 31.8 Å². The largest absolute Gasteiger partial charge is 0.348 e. The molecule has 0 aliphatic heterocycles. The van der Waals surface area contributed by atoms with Crippen LogP contribution in [0.3, 0.4) is 0 Å². The quantitative estimate of drug-likeness (QED) is 0.534. The van der Waals surface area contributed by atoms with Crippen LogP contribution in [0, 0.1) is 0 Å². The third kappa shape index (κ3) is 4.30. The average molecular weight is 385 g/mol. The van der Waals surface area contributed by atoms with Crippen molar-refractivity contribution in [3.05, 3.63) is 102 Å². The Hall–Kier alpha value is -4.00. The predicted molar refractivity (Wildman–Crippen MR) is 108 cm³/mol. The van der Waals surface area contributed by atoms with Crippen molar-refractivity contribution in [1.29, 1.82) is 0 Å². The minimum absolute atomic E-state index is 0.145. The summed E-state index contributed by atoms with van der Waals surface area (Å²) in [6.45, 7) is 0.739. The van der Waals surface area contributed by atoms with E-state index < -0.39 is 0 Å². The Kier molecular flexibility index (Phi) is 5.29. The molecule has 0 fully saturated rings. The SMILES string of the molecule is O=C(NCc1ccn2ncc(C(=O)NCc3cccnc3)c2c1)c1ccccc1. The van der Waals surface area contributed by atoms with Gasteiger partial charge in [-0.05, 0) is 41.5 Å². The average Bonchev–Trinajstić information content (AvgIpc) is 3.20. The molecule has 4 aromatic rings. The number of fused-ring (bicyclic) bond motifs is 1. The molecule has 0 saturated heterocycles. The number of pyridine rings is 2. The van der Waals surface area contributed by atoms with Crippen LogP contribution in [0.5, 0.6) is 0 Å². The van der Waals surface area contributed by atoms with Crippen LogP contribution in [-0.2, 0) is 13.1 Å². The van der Waals surface area contributed by atoms with Crippen LogP contribution in [0.4, 0.5) is 0 Å². The van der Waals surface area contributed by atoms with Gasteiger partial charge in [-0.2, -0.15) is 5.10 Å². The summed E-state index contributed by atoms with van der Waals surface area (Å²) in [6, 6.07) is 16.5. The molecule has 0 unspecified atom stereocenters. The third-order valence-corrected chi connectivity index (χ3v) is 4.50. The van der Waals surface area contributed by atoms with E-state index >= 15 is 0 Å². The van der Waals surface area contributed by atoms with Crippen molar-refractivity contribution in [3.8, 4) is 0 Å². The molecule has 3 heterocycles. The van der Waals surface area contributed by atoms with Gasteiger partial charge in [0.15, 0.2) is 0 Å². The van der Waals surface area contributed by atoms with Crippen molar-refractivity contribution >= 4 is 17.3 Å². The van der Waals surface area contributed by atoms with Gasteiger partial charge in [-0.15, -0.1) is 0 Å². The summed E-state index contributed by atoms with van der Waals surface area (Å²) < 4.78 is 1.64. The smallest absolute Gasteiger partial charge is 0.255 e. The lowest BCUT2D eigenvalue weighted by Crippen LogP contribution is -2.23. The van der Waals surface area contributed by atoms with Crippen molar-refractivity contribution < 1.29 is 9.59 Å². The molecule has 2 N–H and O–H groups in total. The lowest BCUT2D eigenvalue weighted by Gasteiger charge is -2.07. The van der Waals surface area contributed by atoms with Gasteiger partial charge in [0.25, 0.3) is 11.8 Å². The van der Waals surface area contributed by atoms with Crippen molar-refractivity contribution in [3.63, 3.8) is 0 Å². The molecule has 29 heavy (non-hydrogen) atoms. The molecular formula is C22H19N5O2. The molecule has 144 valence electrons. The monoisotopic (exact) mass is 385 g/mol. The van der Waals surface area contributed by atoms with Gasteiger partial charge in [-0.25, -0.2) is 4.52 Å². The lowest BCUT2D eigenvalue weighted by molar-refractivity contribution is 0.0943. The minimum atomic E-state index is -0.214. The standard InChI is InChI=1S/C22H19N5O2/c28-21(18-6-2-1-3-7-18)24-13-16-8-10-27-20(11-16)19(15-26-27)22(29)25-14-17-5-4-9-23-12-17/h1-12,15H,13-14H2,(H,24,28)(H,25,29). The maximum atomic E-state index is 12.6. The third-order valence-electron chi connectivity index (χ3n) is 4.50. The lowest BCUT2D eigenvalue weighted by atomic mass is 10.1. The van der Waals surface area contributed by atoms with E-state index in [0.717, 1.165) is 11.1 Å². The van der Waals surface area contributed by atoms with E-state index in [1.807, 2.05) is 42.5 Å². The van der Waals surface area contributed by atoms with Gasteiger partial charge in [0.05, 0.1) is 17.3 Å². The molecule has 3 aromatic heterocycles. The molecule has 0 aliphatic carbocycles. The van der Waals surface area contributed by atoms with Gasteiger partial charge < -0.3 is 10.6 Å². The van der Waals surface area contributed by atoms with E-state index in [0.29, 0.717) is 29.7 Å². The predicted octanol–water partition coefficient (Wildman–Crippen LogP) is 2.59. The number of nitrogens with one attached hydrogen (secondary N) is 2. The van der Waals surface area contributed by atoms with Gasteiger partial charge in [-0.1, -0.05) is 24.3 Å². The first-order valence-electron chi connectivity index (χ1n) is 9.17. The van der Waals surface area contributed by atoms with Gasteiger partial charge >= 0.3 is 0 Å². The molecular weight excluding hydrogens is 366 g/mol.